The first-order valence-corrected chi connectivity index (χ1v) is 12.8. The number of anilines is 1. The van der Waals surface area contributed by atoms with Gasteiger partial charge in [-0.2, -0.15) is 4.31 Å². The Balaban J connectivity index is 1.51. The molecule has 9 heteroatoms. The number of rotatable bonds is 4. The van der Waals surface area contributed by atoms with E-state index < -0.39 is 10.0 Å². The van der Waals surface area contributed by atoms with Gasteiger partial charge in [-0.05, 0) is 67.1 Å². The van der Waals surface area contributed by atoms with Crippen LogP contribution in [0.2, 0.25) is 5.02 Å². The summed E-state index contributed by atoms with van der Waals surface area (Å²) in [6.45, 7) is 7.08. The molecule has 1 fully saturated rings. The SMILES string of the molecule is Cc1c(Cl)ccc2sc(NC(=O)c3ccc(S(=O)(=O)N4C[C@H](C)C[C@@H](C)C4)cc3)nc12. The second kappa shape index (κ2) is 8.50. The van der Waals surface area contributed by atoms with Crippen molar-refractivity contribution in [3.63, 3.8) is 0 Å². The number of nitrogens with one attached hydrogen (secondary N) is 1. The Hall–Kier alpha value is -2.00. The molecule has 1 N–H and O–H groups in total. The molecule has 3 aromatic rings. The Bertz CT molecular complexity index is 1230. The fourth-order valence-corrected chi connectivity index (χ4v) is 6.81. The van der Waals surface area contributed by atoms with E-state index in [0.717, 1.165) is 22.2 Å². The van der Waals surface area contributed by atoms with E-state index in [1.165, 1.54) is 35.6 Å². The van der Waals surface area contributed by atoms with E-state index >= 15 is 0 Å². The summed E-state index contributed by atoms with van der Waals surface area (Å²) in [6, 6.07) is 9.75. The van der Waals surface area contributed by atoms with Gasteiger partial charge < -0.3 is 0 Å². The summed E-state index contributed by atoms with van der Waals surface area (Å²) in [5.74, 6) is 0.318. The van der Waals surface area contributed by atoms with Crippen molar-refractivity contribution in [2.75, 3.05) is 18.4 Å². The number of amides is 1. The summed E-state index contributed by atoms with van der Waals surface area (Å²) in [4.78, 5) is 17.3. The van der Waals surface area contributed by atoms with Crippen LogP contribution in [0.3, 0.4) is 0 Å². The molecule has 1 saturated heterocycles. The number of halogens is 1. The van der Waals surface area contributed by atoms with Crippen molar-refractivity contribution in [2.45, 2.75) is 32.1 Å². The molecule has 4 rings (SSSR count). The van der Waals surface area contributed by atoms with E-state index in [9.17, 15) is 13.2 Å². The van der Waals surface area contributed by atoms with Gasteiger partial charge in [0.15, 0.2) is 5.13 Å². The first-order chi connectivity index (χ1) is 14.6. The maximum atomic E-state index is 13.0. The monoisotopic (exact) mass is 477 g/mol. The fraction of sp³-hybridized carbons (Fsp3) is 0.364. The first-order valence-electron chi connectivity index (χ1n) is 10.1. The number of aromatic nitrogens is 1. The van der Waals surface area contributed by atoms with Crippen molar-refractivity contribution in [3.05, 3.63) is 52.5 Å². The quantitative estimate of drug-likeness (QED) is 0.561. The van der Waals surface area contributed by atoms with Crippen LogP contribution in [-0.4, -0.2) is 36.7 Å². The highest BCUT2D eigenvalue weighted by molar-refractivity contribution is 7.89. The van der Waals surface area contributed by atoms with Crippen LogP contribution in [-0.2, 0) is 10.0 Å². The van der Waals surface area contributed by atoms with Gasteiger partial charge in [0.2, 0.25) is 10.0 Å². The highest BCUT2D eigenvalue weighted by Gasteiger charge is 2.31. The second-order valence-electron chi connectivity index (χ2n) is 8.28. The van der Waals surface area contributed by atoms with Gasteiger partial charge in [-0.3, -0.25) is 10.1 Å². The Labute approximate surface area is 191 Å². The van der Waals surface area contributed by atoms with Crippen molar-refractivity contribution in [2.24, 2.45) is 11.8 Å². The number of nitrogens with zero attached hydrogens (tertiary/aromatic N) is 2. The van der Waals surface area contributed by atoms with Crippen LogP contribution in [0.15, 0.2) is 41.3 Å². The maximum Gasteiger partial charge on any atom is 0.257 e. The third-order valence-electron chi connectivity index (χ3n) is 5.56. The number of benzene rings is 2. The van der Waals surface area contributed by atoms with Gasteiger partial charge in [-0.1, -0.05) is 36.8 Å². The lowest BCUT2D eigenvalue weighted by Gasteiger charge is -2.34. The first kappa shape index (κ1) is 22.2. The zero-order valence-corrected chi connectivity index (χ0v) is 19.9. The van der Waals surface area contributed by atoms with Crippen molar-refractivity contribution in [1.29, 1.82) is 0 Å². The molecule has 164 valence electrons. The normalized spacial score (nSPS) is 20.1. The van der Waals surface area contributed by atoms with E-state index in [2.05, 4.69) is 24.1 Å². The summed E-state index contributed by atoms with van der Waals surface area (Å²) in [5.41, 5.74) is 2.00. The largest absolute Gasteiger partial charge is 0.298 e. The fourth-order valence-electron chi connectivity index (χ4n) is 4.05. The van der Waals surface area contributed by atoms with Gasteiger partial charge in [0, 0.05) is 23.7 Å². The third kappa shape index (κ3) is 4.48. The molecule has 0 radical (unpaired) electrons. The summed E-state index contributed by atoms with van der Waals surface area (Å²) in [5, 5.41) is 3.89. The number of piperidine rings is 1. The molecule has 0 saturated carbocycles. The zero-order chi connectivity index (χ0) is 22.3. The van der Waals surface area contributed by atoms with E-state index in [-0.39, 0.29) is 10.8 Å². The van der Waals surface area contributed by atoms with Crippen molar-refractivity contribution >= 4 is 54.2 Å². The minimum Gasteiger partial charge on any atom is -0.298 e. The molecule has 1 amide bonds. The van der Waals surface area contributed by atoms with Gasteiger partial charge in [0.25, 0.3) is 5.91 Å². The number of sulfonamides is 1. The lowest BCUT2D eigenvalue weighted by molar-refractivity contribution is 0.102. The molecule has 31 heavy (non-hydrogen) atoms. The van der Waals surface area contributed by atoms with Gasteiger partial charge in [0.1, 0.15) is 0 Å². The molecule has 2 aromatic carbocycles. The molecular formula is C22H24ClN3O3S2. The lowest BCUT2D eigenvalue weighted by Crippen LogP contribution is -2.42. The third-order valence-corrected chi connectivity index (χ3v) is 8.75. The topological polar surface area (TPSA) is 79.4 Å². The number of aryl methyl sites for hydroxylation is 1. The summed E-state index contributed by atoms with van der Waals surface area (Å²) >= 11 is 7.51. The number of carbonyl (C=O) groups is 1. The van der Waals surface area contributed by atoms with Crippen LogP contribution < -0.4 is 5.32 Å². The summed E-state index contributed by atoms with van der Waals surface area (Å²) in [7, 11) is -3.58. The Morgan fingerprint density at radius 1 is 1.13 bits per heavy atom. The molecule has 1 aromatic heterocycles. The van der Waals surface area contributed by atoms with E-state index in [1.807, 2.05) is 19.1 Å². The molecule has 6 nitrogen and oxygen atoms in total. The Morgan fingerprint density at radius 3 is 2.42 bits per heavy atom. The van der Waals surface area contributed by atoms with Crippen LogP contribution in [0.4, 0.5) is 5.13 Å². The molecule has 0 unspecified atom stereocenters. The van der Waals surface area contributed by atoms with Gasteiger partial charge in [0.05, 0.1) is 15.1 Å². The molecule has 1 aliphatic heterocycles. The Kier molecular flexibility index (Phi) is 6.09. The van der Waals surface area contributed by atoms with Crippen LogP contribution >= 0.6 is 22.9 Å². The number of thiazole rings is 1. The predicted octanol–water partition coefficient (Wildman–Crippen LogP) is 5.18. The predicted molar refractivity (Wildman–Crippen MR) is 125 cm³/mol. The van der Waals surface area contributed by atoms with Crippen molar-refractivity contribution in [3.8, 4) is 0 Å². The van der Waals surface area contributed by atoms with Crippen LogP contribution in [0, 0.1) is 18.8 Å². The molecule has 0 bridgehead atoms. The average molecular weight is 478 g/mol. The van der Waals surface area contributed by atoms with Crippen LogP contribution in [0.1, 0.15) is 36.2 Å². The Morgan fingerprint density at radius 2 is 1.77 bits per heavy atom. The highest BCUT2D eigenvalue weighted by Crippen LogP contribution is 2.32. The molecule has 2 atom stereocenters. The lowest BCUT2D eigenvalue weighted by atomic mass is 9.94. The van der Waals surface area contributed by atoms with Crippen LogP contribution in [0.5, 0.6) is 0 Å². The molecule has 0 spiro atoms. The highest BCUT2D eigenvalue weighted by atomic mass is 35.5. The molecule has 0 aliphatic carbocycles. The standard InChI is InChI=1S/C22H24ClN3O3S2/c1-13-10-14(2)12-26(11-13)31(28,29)17-6-4-16(5-7-17)21(27)25-22-24-20-15(3)18(23)8-9-19(20)30-22/h4-9,13-14H,10-12H2,1-3H3,(H,24,25,27)/t13-,14-/m1/s1. The van der Waals surface area contributed by atoms with E-state index in [4.69, 9.17) is 11.6 Å². The van der Waals surface area contributed by atoms with E-state index in [0.29, 0.717) is 40.6 Å². The minimum absolute atomic E-state index is 0.204. The number of fused-ring (bicyclic) bond motifs is 1. The minimum atomic E-state index is -3.58. The average Bonchev–Trinajstić information content (AvgIpc) is 3.13. The maximum absolute atomic E-state index is 13.0. The van der Waals surface area contributed by atoms with Gasteiger partial charge in [-0.15, -0.1) is 0 Å². The number of hydrogen-bond acceptors (Lipinski definition) is 5. The van der Waals surface area contributed by atoms with Crippen molar-refractivity contribution in [1.82, 2.24) is 9.29 Å². The van der Waals surface area contributed by atoms with Crippen LogP contribution in [0.25, 0.3) is 10.2 Å². The molecule has 1 aliphatic rings. The number of carbonyl (C=O) groups excluding carboxylic acids is 1. The van der Waals surface area contributed by atoms with E-state index in [1.54, 1.807) is 4.31 Å². The smallest absolute Gasteiger partial charge is 0.257 e. The van der Waals surface area contributed by atoms with Crippen molar-refractivity contribution < 1.29 is 13.2 Å². The van der Waals surface area contributed by atoms with Gasteiger partial charge in [-0.25, -0.2) is 13.4 Å². The molecular weight excluding hydrogens is 454 g/mol. The second-order valence-corrected chi connectivity index (χ2v) is 11.7. The summed E-state index contributed by atoms with van der Waals surface area (Å²) in [6.07, 6.45) is 1.03. The number of hydrogen-bond donors (Lipinski definition) is 1. The van der Waals surface area contributed by atoms with Gasteiger partial charge >= 0.3 is 0 Å². The molecule has 2 heterocycles. The summed E-state index contributed by atoms with van der Waals surface area (Å²) < 4.78 is 28.5. The zero-order valence-electron chi connectivity index (χ0n) is 17.6.